The molecule has 2 aromatic rings. The van der Waals surface area contributed by atoms with Gasteiger partial charge in [0.15, 0.2) is 0 Å². The second-order valence-corrected chi connectivity index (χ2v) is 6.22. The van der Waals surface area contributed by atoms with Gasteiger partial charge in [-0.05, 0) is 51.0 Å². The molecule has 0 aliphatic rings. The maximum Gasteiger partial charge on any atom is 0.243 e. The molecule has 2 N–H and O–H groups in total. The molecule has 0 radical (unpaired) electrons. The first-order valence-corrected chi connectivity index (χ1v) is 8.92. The van der Waals surface area contributed by atoms with E-state index in [1.807, 2.05) is 45.0 Å². The van der Waals surface area contributed by atoms with Crippen molar-refractivity contribution >= 4 is 17.3 Å². The van der Waals surface area contributed by atoms with Gasteiger partial charge in [0, 0.05) is 12.3 Å². The number of hydrogen-bond acceptors (Lipinski definition) is 4. The Bertz CT molecular complexity index is 721. The number of carbonyl (C=O) groups excluding carboxylic acids is 1. The molecule has 0 unspecified atom stereocenters. The van der Waals surface area contributed by atoms with E-state index in [9.17, 15) is 4.79 Å². The van der Waals surface area contributed by atoms with Crippen molar-refractivity contribution in [3.05, 3.63) is 53.1 Å². The molecule has 0 saturated heterocycles. The lowest BCUT2D eigenvalue weighted by Crippen LogP contribution is -2.23. The number of benzene rings is 2. The highest BCUT2D eigenvalue weighted by Crippen LogP contribution is 2.24. The van der Waals surface area contributed by atoms with Gasteiger partial charge in [-0.25, -0.2) is 0 Å². The van der Waals surface area contributed by atoms with Crippen molar-refractivity contribution in [2.24, 2.45) is 0 Å². The van der Waals surface area contributed by atoms with E-state index in [2.05, 4.69) is 29.7 Å². The lowest BCUT2D eigenvalue weighted by molar-refractivity contribution is -0.114. The van der Waals surface area contributed by atoms with Crippen molar-refractivity contribution in [2.75, 3.05) is 37.0 Å². The fourth-order valence-electron chi connectivity index (χ4n) is 2.83. The first-order chi connectivity index (χ1) is 12.5. The lowest BCUT2D eigenvalue weighted by Gasteiger charge is -2.15. The van der Waals surface area contributed by atoms with Gasteiger partial charge in [-0.1, -0.05) is 29.8 Å². The van der Waals surface area contributed by atoms with E-state index >= 15 is 0 Å². The van der Waals surface area contributed by atoms with Crippen molar-refractivity contribution in [3.8, 4) is 5.75 Å². The van der Waals surface area contributed by atoms with Gasteiger partial charge in [0.1, 0.15) is 12.4 Å². The van der Waals surface area contributed by atoms with E-state index in [0.29, 0.717) is 25.6 Å². The first-order valence-electron chi connectivity index (χ1n) is 8.92. The quantitative estimate of drug-likeness (QED) is 0.665. The minimum absolute atomic E-state index is 0.0934. The molecule has 5 nitrogen and oxygen atoms in total. The molecule has 0 aliphatic heterocycles. The Morgan fingerprint density at radius 3 is 2.42 bits per heavy atom. The first kappa shape index (κ1) is 19.8. The zero-order chi connectivity index (χ0) is 18.9. The van der Waals surface area contributed by atoms with Gasteiger partial charge < -0.3 is 20.1 Å². The molecule has 0 bridgehead atoms. The maximum absolute atomic E-state index is 12.4. The lowest BCUT2D eigenvalue weighted by atomic mass is 10.1. The largest absolute Gasteiger partial charge is 0.489 e. The zero-order valence-corrected chi connectivity index (χ0v) is 16.0. The van der Waals surface area contributed by atoms with Crippen LogP contribution in [-0.4, -0.2) is 32.3 Å². The van der Waals surface area contributed by atoms with Crippen LogP contribution in [0.25, 0.3) is 0 Å². The summed E-state index contributed by atoms with van der Waals surface area (Å²) in [5, 5.41) is 6.14. The molecular weight excluding hydrogens is 328 g/mol. The average molecular weight is 356 g/mol. The smallest absolute Gasteiger partial charge is 0.243 e. The summed E-state index contributed by atoms with van der Waals surface area (Å²) in [5.41, 5.74) is 4.99. The van der Waals surface area contributed by atoms with Crippen LogP contribution < -0.4 is 15.4 Å². The minimum atomic E-state index is -0.0934. The molecule has 0 atom stereocenters. The summed E-state index contributed by atoms with van der Waals surface area (Å²) >= 11 is 0. The summed E-state index contributed by atoms with van der Waals surface area (Å²) in [6.07, 6.45) is 0. The predicted molar refractivity (Wildman–Crippen MR) is 106 cm³/mol. The second kappa shape index (κ2) is 9.82. The van der Waals surface area contributed by atoms with Crippen molar-refractivity contribution in [1.82, 2.24) is 0 Å². The number of ether oxygens (including phenoxy) is 2. The van der Waals surface area contributed by atoms with Crippen LogP contribution in [0.2, 0.25) is 0 Å². The number of para-hydroxylation sites is 2. The summed E-state index contributed by atoms with van der Waals surface area (Å²) in [7, 11) is 0. The summed E-state index contributed by atoms with van der Waals surface area (Å²) in [4.78, 5) is 12.4. The van der Waals surface area contributed by atoms with Gasteiger partial charge in [0.05, 0.1) is 18.8 Å². The van der Waals surface area contributed by atoms with Gasteiger partial charge in [-0.3, -0.25) is 4.79 Å². The highest BCUT2D eigenvalue weighted by molar-refractivity contribution is 5.95. The molecule has 0 spiro atoms. The molecule has 2 rings (SSSR count). The number of hydrogen-bond donors (Lipinski definition) is 2. The maximum atomic E-state index is 12.4. The number of anilines is 2. The van der Waals surface area contributed by atoms with Crippen LogP contribution in [0.15, 0.2) is 36.4 Å². The number of carbonyl (C=O) groups is 1. The average Bonchev–Trinajstić information content (AvgIpc) is 2.61. The Kier molecular flexibility index (Phi) is 7.48. The van der Waals surface area contributed by atoms with Gasteiger partial charge >= 0.3 is 0 Å². The molecule has 0 saturated carbocycles. The van der Waals surface area contributed by atoms with Crippen molar-refractivity contribution in [2.45, 2.75) is 27.7 Å². The standard InChI is InChI=1S/C21H28N2O3/c1-5-25-10-11-26-19-9-7-6-8-18(19)22-14-20(24)23-21-16(3)12-15(2)13-17(21)4/h6-9,12-13,22H,5,10-11,14H2,1-4H3,(H,23,24). The van der Waals surface area contributed by atoms with Crippen molar-refractivity contribution in [1.29, 1.82) is 0 Å². The minimum Gasteiger partial charge on any atom is -0.489 e. The monoisotopic (exact) mass is 356 g/mol. The van der Waals surface area contributed by atoms with Crippen LogP contribution in [0.5, 0.6) is 5.75 Å². The summed E-state index contributed by atoms with van der Waals surface area (Å²) in [6, 6.07) is 11.7. The molecule has 0 heterocycles. The fraction of sp³-hybridized carbons (Fsp3) is 0.381. The van der Waals surface area contributed by atoms with Crippen LogP contribution in [0, 0.1) is 20.8 Å². The molecule has 26 heavy (non-hydrogen) atoms. The van der Waals surface area contributed by atoms with E-state index < -0.39 is 0 Å². The molecule has 0 fully saturated rings. The molecule has 0 aliphatic carbocycles. The van der Waals surface area contributed by atoms with E-state index in [4.69, 9.17) is 9.47 Å². The molecule has 5 heteroatoms. The molecule has 140 valence electrons. The van der Waals surface area contributed by atoms with Crippen LogP contribution in [-0.2, 0) is 9.53 Å². The number of amides is 1. The fourth-order valence-corrected chi connectivity index (χ4v) is 2.83. The van der Waals surface area contributed by atoms with Crippen molar-refractivity contribution in [3.63, 3.8) is 0 Å². The van der Waals surface area contributed by atoms with Gasteiger partial charge in [-0.15, -0.1) is 0 Å². The van der Waals surface area contributed by atoms with E-state index in [-0.39, 0.29) is 12.5 Å². The van der Waals surface area contributed by atoms with Crippen LogP contribution in [0.4, 0.5) is 11.4 Å². The van der Waals surface area contributed by atoms with Crippen LogP contribution in [0.3, 0.4) is 0 Å². The Morgan fingerprint density at radius 2 is 1.73 bits per heavy atom. The Morgan fingerprint density at radius 1 is 1.04 bits per heavy atom. The molecule has 0 aromatic heterocycles. The topological polar surface area (TPSA) is 59.6 Å². The van der Waals surface area contributed by atoms with Gasteiger partial charge in [0.25, 0.3) is 0 Å². The third kappa shape index (κ3) is 5.77. The van der Waals surface area contributed by atoms with E-state index in [0.717, 1.165) is 22.5 Å². The second-order valence-electron chi connectivity index (χ2n) is 6.22. The predicted octanol–water partition coefficient (Wildman–Crippen LogP) is 4.08. The van der Waals surface area contributed by atoms with Gasteiger partial charge in [-0.2, -0.15) is 0 Å². The van der Waals surface area contributed by atoms with Gasteiger partial charge in [0.2, 0.25) is 5.91 Å². The number of aryl methyl sites for hydroxylation is 3. The SMILES string of the molecule is CCOCCOc1ccccc1NCC(=O)Nc1c(C)cc(C)cc1C. The normalized spacial score (nSPS) is 10.5. The highest BCUT2D eigenvalue weighted by atomic mass is 16.5. The summed E-state index contributed by atoms with van der Waals surface area (Å²) in [5.74, 6) is 0.617. The van der Waals surface area contributed by atoms with Crippen molar-refractivity contribution < 1.29 is 14.3 Å². The Labute approximate surface area is 155 Å². The van der Waals surface area contributed by atoms with E-state index in [1.54, 1.807) is 0 Å². The summed E-state index contributed by atoms with van der Waals surface area (Å²) in [6.45, 7) is 9.86. The molecule has 2 aromatic carbocycles. The summed E-state index contributed by atoms with van der Waals surface area (Å²) < 4.78 is 11.0. The number of nitrogens with one attached hydrogen (secondary N) is 2. The third-order valence-corrected chi connectivity index (χ3v) is 3.96. The van der Waals surface area contributed by atoms with E-state index in [1.165, 1.54) is 5.56 Å². The Balaban J connectivity index is 1.93. The molecule has 1 amide bonds. The number of rotatable bonds is 9. The zero-order valence-electron chi connectivity index (χ0n) is 16.0. The molecular formula is C21H28N2O3. The third-order valence-electron chi connectivity index (χ3n) is 3.96. The highest BCUT2D eigenvalue weighted by Gasteiger charge is 2.09. The van der Waals surface area contributed by atoms with Crippen LogP contribution in [0.1, 0.15) is 23.6 Å². The Hall–Kier alpha value is -2.53. The van der Waals surface area contributed by atoms with Crippen LogP contribution >= 0.6 is 0 Å².